The predicted octanol–water partition coefficient (Wildman–Crippen LogP) is 1.64. The van der Waals surface area contributed by atoms with Gasteiger partial charge < -0.3 is 15.2 Å². The molecule has 1 amide bonds. The van der Waals surface area contributed by atoms with Crippen LogP contribution in [-0.4, -0.2) is 48.6 Å². The Kier molecular flexibility index (Phi) is 5.39. The molecular formula is C19H26N2O4. The number of methoxy groups -OCH3 is 1. The molecule has 0 aromatic heterocycles. The molecular weight excluding hydrogens is 320 g/mol. The third kappa shape index (κ3) is 3.85. The Hall–Kier alpha value is -1.92. The Balaban J connectivity index is 1.48. The summed E-state index contributed by atoms with van der Waals surface area (Å²) in [5, 5.41) is 12.5. The largest absolute Gasteiger partial charge is 0.481 e. The van der Waals surface area contributed by atoms with Gasteiger partial charge in [0.2, 0.25) is 5.91 Å². The number of rotatable bonds is 7. The van der Waals surface area contributed by atoms with Crippen LogP contribution in [0.25, 0.3) is 0 Å². The van der Waals surface area contributed by atoms with Gasteiger partial charge in [0.1, 0.15) is 0 Å². The minimum absolute atomic E-state index is 0.0542. The summed E-state index contributed by atoms with van der Waals surface area (Å²) in [4.78, 5) is 25.9. The Bertz CT molecular complexity index is 631. The molecule has 0 spiro atoms. The average molecular weight is 346 g/mol. The smallest absolute Gasteiger partial charge is 0.311 e. The molecule has 1 aliphatic carbocycles. The van der Waals surface area contributed by atoms with E-state index in [0.29, 0.717) is 26.2 Å². The van der Waals surface area contributed by atoms with Gasteiger partial charge in [0.25, 0.3) is 0 Å². The lowest BCUT2D eigenvalue weighted by molar-refractivity contribution is -0.149. The number of carbonyl (C=O) groups excluding carboxylic acids is 1. The van der Waals surface area contributed by atoms with Crippen LogP contribution in [0.2, 0.25) is 0 Å². The summed E-state index contributed by atoms with van der Waals surface area (Å²) in [6.45, 7) is 2.53. The van der Waals surface area contributed by atoms with E-state index in [1.165, 1.54) is 0 Å². The fourth-order valence-corrected chi connectivity index (χ4v) is 4.24. The van der Waals surface area contributed by atoms with Gasteiger partial charge in [0.05, 0.1) is 18.6 Å². The average Bonchev–Trinajstić information content (AvgIpc) is 3.12. The van der Waals surface area contributed by atoms with Crippen LogP contribution < -0.4 is 5.32 Å². The highest BCUT2D eigenvalue weighted by molar-refractivity contribution is 5.79. The molecule has 2 aliphatic rings. The minimum Gasteiger partial charge on any atom is -0.481 e. The van der Waals surface area contributed by atoms with E-state index in [-0.39, 0.29) is 18.4 Å². The number of carboxylic acid groups (broad SMARTS) is 1. The van der Waals surface area contributed by atoms with Crippen molar-refractivity contribution in [3.05, 3.63) is 35.4 Å². The lowest BCUT2D eigenvalue weighted by Gasteiger charge is -2.23. The first-order valence-electron chi connectivity index (χ1n) is 8.83. The van der Waals surface area contributed by atoms with Crippen LogP contribution in [0.15, 0.2) is 24.3 Å². The molecule has 6 heteroatoms. The maximum absolute atomic E-state index is 12.2. The van der Waals surface area contributed by atoms with Crippen molar-refractivity contribution in [2.45, 2.75) is 32.4 Å². The summed E-state index contributed by atoms with van der Waals surface area (Å²) in [5.74, 6) is -0.568. The van der Waals surface area contributed by atoms with Crippen molar-refractivity contribution >= 4 is 11.9 Å². The van der Waals surface area contributed by atoms with Crippen molar-refractivity contribution < 1.29 is 19.4 Å². The zero-order chi connectivity index (χ0) is 17.9. The number of hydrogen-bond acceptors (Lipinski definition) is 4. The van der Waals surface area contributed by atoms with E-state index in [1.54, 1.807) is 7.11 Å². The number of nitrogens with one attached hydrogen (secondary N) is 1. The van der Waals surface area contributed by atoms with Gasteiger partial charge in [0.15, 0.2) is 0 Å². The zero-order valence-electron chi connectivity index (χ0n) is 14.7. The maximum Gasteiger partial charge on any atom is 0.311 e. The third-order valence-electron chi connectivity index (χ3n) is 5.56. The highest BCUT2D eigenvalue weighted by atomic mass is 16.5. The van der Waals surface area contributed by atoms with Gasteiger partial charge in [-0.1, -0.05) is 30.7 Å². The molecule has 0 radical (unpaired) electrons. The van der Waals surface area contributed by atoms with Crippen molar-refractivity contribution in [1.82, 2.24) is 10.2 Å². The molecule has 1 aromatic rings. The quantitative estimate of drug-likeness (QED) is 0.785. The van der Waals surface area contributed by atoms with Gasteiger partial charge in [0, 0.05) is 26.7 Å². The summed E-state index contributed by atoms with van der Waals surface area (Å²) in [7, 11) is 1.66. The van der Waals surface area contributed by atoms with Crippen molar-refractivity contribution in [2.24, 2.45) is 11.3 Å². The second kappa shape index (κ2) is 7.54. The van der Waals surface area contributed by atoms with Gasteiger partial charge >= 0.3 is 5.97 Å². The molecule has 2 N–H and O–H groups in total. The van der Waals surface area contributed by atoms with E-state index in [0.717, 1.165) is 30.4 Å². The number of fused-ring (bicyclic) bond motifs is 1. The Morgan fingerprint density at radius 3 is 2.68 bits per heavy atom. The Morgan fingerprint density at radius 1 is 1.32 bits per heavy atom. The Labute approximate surface area is 148 Å². The van der Waals surface area contributed by atoms with E-state index in [9.17, 15) is 14.7 Å². The number of ether oxygens (including phenoxy) is 1. The summed E-state index contributed by atoms with van der Waals surface area (Å²) < 4.78 is 5.08. The van der Waals surface area contributed by atoms with Gasteiger partial charge in [-0.2, -0.15) is 0 Å². The van der Waals surface area contributed by atoms with Crippen LogP contribution in [0.4, 0.5) is 0 Å². The molecule has 6 nitrogen and oxygen atoms in total. The molecule has 0 bridgehead atoms. The molecule has 1 aromatic carbocycles. The summed E-state index contributed by atoms with van der Waals surface area (Å²) >= 11 is 0. The van der Waals surface area contributed by atoms with Crippen LogP contribution >= 0.6 is 0 Å². The highest BCUT2D eigenvalue weighted by Gasteiger charge is 2.54. The van der Waals surface area contributed by atoms with E-state index in [2.05, 4.69) is 5.32 Å². The third-order valence-corrected chi connectivity index (χ3v) is 5.56. The second-order valence-corrected chi connectivity index (χ2v) is 7.25. The van der Waals surface area contributed by atoms with Crippen molar-refractivity contribution in [1.29, 1.82) is 0 Å². The molecule has 3 rings (SSSR count). The monoisotopic (exact) mass is 346 g/mol. The summed E-state index contributed by atoms with van der Waals surface area (Å²) in [6.07, 6.45) is 2.67. The first-order chi connectivity index (χ1) is 12.0. The summed E-state index contributed by atoms with van der Waals surface area (Å²) in [5.41, 5.74) is 1.51. The number of benzene rings is 1. The van der Waals surface area contributed by atoms with E-state index in [4.69, 9.17) is 4.74 Å². The SMILES string of the molecule is COCc1ccc(CNC(=O)CN2C[C@@H]3CCC[C@@]3(C(=O)O)C2)cc1. The van der Waals surface area contributed by atoms with Gasteiger partial charge in [-0.3, -0.25) is 14.5 Å². The first-order valence-corrected chi connectivity index (χ1v) is 8.83. The fraction of sp³-hybridized carbons (Fsp3) is 0.579. The minimum atomic E-state index is -0.700. The zero-order valence-corrected chi connectivity index (χ0v) is 14.7. The van der Waals surface area contributed by atoms with Crippen LogP contribution in [0, 0.1) is 11.3 Å². The predicted molar refractivity (Wildman–Crippen MR) is 92.9 cm³/mol. The molecule has 136 valence electrons. The second-order valence-electron chi connectivity index (χ2n) is 7.25. The van der Waals surface area contributed by atoms with Crippen molar-refractivity contribution in [2.75, 3.05) is 26.7 Å². The van der Waals surface area contributed by atoms with Gasteiger partial charge in [-0.05, 0) is 29.9 Å². The molecule has 1 saturated carbocycles. The molecule has 2 atom stereocenters. The van der Waals surface area contributed by atoms with E-state index < -0.39 is 11.4 Å². The summed E-state index contributed by atoms with van der Waals surface area (Å²) in [6, 6.07) is 7.94. The standard InChI is InChI=1S/C19H26N2O4/c1-25-12-15-6-4-14(5-7-15)9-20-17(22)11-21-10-16-3-2-8-19(16,13-21)18(23)24/h4-7,16H,2-3,8-13H2,1H3,(H,20,22)(H,23,24)/t16-,19+/m0/s1. The molecule has 2 fully saturated rings. The highest BCUT2D eigenvalue weighted by Crippen LogP contribution is 2.48. The maximum atomic E-state index is 12.2. The fourth-order valence-electron chi connectivity index (χ4n) is 4.24. The van der Waals surface area contributed by atoms with Crippen LogP contribution in [-0.2, 0) is 27.5 Å². The lowest BCUT2D eigenvalue weighted by Crippen LogP contribution is -2.39. The van der Waals surface area contributed by atoms with E-state index in [1.807, 2.05) is 29.2 Å². The topological polar surface area (TPSA) is 78.9 Å². The van der Waals surface area contributed by atoms with Crippen LogP contribution in [0.1, 0.15) is 30.4 Å². The molecule has 1 heterocycles. The number of nitrogens with zero attached hydrogens (tertiary/aromatic N) is 1. The number of likely N-dealkylation sites (tertiary alicyclic amines) is 1. The van der Waals surface area contributed by atoms with Gasteiger partial charge in [-0.25, -0.2) is 0 Å². The lowest BCUT2D eigenvalue weighted by atomic mass is 9.81. The molecule has 0 unspecified atom stereocenters. The van der Waals surface area contributed by atoms with Gasteiger partial charge in [-0.15, -0.1) is 0 Å². The van der Waals surface area contributed by atoms with Crippen molar-refractivity contribution in [3.63, 3.8) is 0 Å². The number of aliphatic carboxylic acids is 1. The number of carbonyl (C=O) groups is 2. The number of hydrogen-bond donors (Lipinski definition) is 2. The van der Waals surface area contributed by atoms with Crippen molar-refractivity contribution in [3.8, 4) is 0 Å². The van der Waals surface area contributed by atoms with E-state index >= 15 is 0 Å². The Morgan fingerprint density at radius 2 is 2.04 bits per heavy atom. The number of amides is 1. The molecule has 1 aliphatic heterocycles. The number of carboxylic acids is 1. The molecule has 25 heavy (non-hydrogen) atoms. The van der Waals surface area contributed by atoms with Crippen LogP contribution in [0.5, 0.6) is 0 Å². The normalized spacial score (nSPS) is 25.7. The molecule has 1 saturated heterocycles. The first kappa shape index (κ1) is 17.9. The van der Waals surface area contributed by atoms with Crippen LogP contribution in [0.3, 0.4) is 0 Å².